The van der Waals surface area contributed by atoms with Crippen molar-refractivity contribution in [3.05, 3.63) is 54.6 Å². The first-order valence-electron chi connectivity index (χ1n) is 7.96. The molecule has 128 valence electrons. The summed E-state index contributed by atoms with van der Waals surface area (Å²) in [5.41, 5.74) is 3.47. The van der Waals surface area contributed by atoms with Crippen molar-refractivity contribution in [1.29, 1.82) is 0 Å². The van der Waals surface area contributed by atoms with Gasteiger partial charge in [-0.3, -0.25) is 9.97 Å². The molecule has 3 aromatic heterocycles. The largest absolute Gasteiger partial charge is 0.387 e. The molecule has 0 saturated carbocycles. The van der Waals surface area contributed by atoms with Gasteiger partial charge < -0.3 is 15.4 Å². The molecule has 3 aromatic rings. The molecule has 7 nitrogen and oxygen atoms in total. The van der Waals surface area contributed by atoms with Gasteiger partial charge in [0.25, 0.3) is 0 Å². The third-order valence-electron chi connectivity index (χ3n) is 3.64. The molecule has 7 heteroatoms. The Bertz CT molecular complexity index is 825. The first-order valence-corrected chi connectivity index (χ1v) is 7.96. The monoisotopic (exact) mass is 336 g/mol. The summed E-state index contributed by atoms with van der Waals surface area (Å²) < 4.78 is 5.19. The highest BCUT2D eigenvalue weighted by molar-refractivity contribution is 5.62. The summed E-state index contributed by atoms with van der Waals surface area (Å²) in [6, 6.07) is 7.74. The van der Waals surface area contributed by atoms with Gasteiger partial charge in [0.05, 0.1) is 36.6 Å². The Hall–Kier alpha value is -3.06. The predicted molar refractivity (Wildman–Crippen MR) is 97.9 cm³/mol. The molecule has 0 amide bonds. The molecule has 0 aliphatic rings. The van der Waals surface area contributed by atoms with E-state index in [0.29, 0.717) is 18.1 Å². The van der Waals surface area contributed by atoms with E-state index in [0.717, 1.165) is 29.2 Å². The molecule has 0 saturated heterocycles. The maximum atomic E-state index is 5.19. The van der Waals surface area contributed by atoms with Gasteiger partial charge in [0.15, 0.2) is 5.82 Å². The predicted octanol–water partition coefficient (Wildman–Crippen LogP) is 2.91. The molecule has 2 N–H and O–H groups in total. The zero-order chi connectivity index (χ0) is 17.5. The summed E-state index contributed by atoms with van der Waals surface area (Å²) in [6.45, 7) is 0.614. The van der Waals surface area contributed by atoms with Crippen molar-refractivity contribution in [3.8, 4) is 11.4 Å². The average molecular weight is 336 g/mol. The number of nitrogens with zero attached hydrogens (tertiary/aromatic N) is 4. The first kappa shape index (κ1) is 16.8. The lowest BCUT2D eigenvalue weighted by molar-refractivity contribution is 0.202. The number of nitrogens with one attached hydrogen (secondary N) is 2. The molecule has 25 heavy (non-hydrogen) atoms. The van der Waals surface area contributed by atoms with Crippen LogP contribution in [0.1, 0.15) is 5.56 Å². The first-order chi connectivity index (χ1) is 12.3. The quantitative estimate of drug-likeness (QED) is 0.686. The van der Waals surface area contributed by atoms with Crippen LogP contribution in [-0.4, -0.2) is 40.7 Å². The van der Waals surface area contributed by atoms with Crippen LogP contribution in [0.2, 0.25) is 0 Å². The van der Waals surface area contributed by atoms with Crippen LogP contribution in [-0.2, 0) is 11.2 Å². The van der Waals surface area contributed by atoms with Crippen LogP contribution in [0.4, 0.5) is 17.3 Å². The van der Waals surface area contributed by atoms with Crippen LogP contribution in [0.15, 0.2) is 49.1 Å². The fourth-order valence-corrected chi connectivity index (χ4v) is 2.35. The van der Waals surface area contributed by atoms with Crippen molar-refractivity contribution in [2.45, 2.75) is 6.42 Å². The summed E-state index contributed by atoms with van der Waals surface area (Å²) in [6.07, 6.45) is 7.61. The molecule has 0 spiro atoms. The molecule has 3 heterocycles. The lowest BCUT2D eigenvalue weighted by atomic mass is 10.2. The van der Waals surface area contributed by atoms with Gasteiger partial charge >= 0.3 is 0 Å². The minimum atomic E-state index is 0.614. The van der Waals surface area contributed by atoms with Gasteiger partial charge in [-0.05, 0) is 30.2 Å². The van der Waals surface area contributed by atoms with E-state index in [9.17, 15) is 0 Å². The Morgan fingerprint density at radius 2 is 2.00 bits per heavy atom. The fourth-order valence-electron chi connectivity index (χ4n) is 2.35. The normalized spacial score (nSPS) is 10.5. The molecule has 0 radical (unpaired) electrons. The van der Waals surface area contributed by atoms with Crippen molar-refractivity contribution in [3.63, 3.8) is 0 Å². The van der Waals surface area contributed by atoms with Crippen LogP contribution in [0.25, 0.3) is 11.4 Å². The zero-order valence-corrected chi connectivity index (χ0v) is 14.2. The van der Waals surface area contributed by atoms with Gasteiger partial charge in [-0.1, -0.05) is 6.07 Å². The fraction of sp³-hybridized carbons (Fsp3) is 0.222. The summed E-state index contributed by atoms with van der Waals surface area (Å²) in [5.74, 6) is 1.36. The Morgan fingerprint density at radius 3 is 2.76 bits per heavy atom. The van der Waals surface area contributed by atoms with E-state index in [2.05, 4.69) is 30.6 Å². The number of ether oxygens (including phenoxy) is 1. The topological polar surface area (TPSA) is 84.9 Å². The van der Waals surface area contributed by atoms with E-state index in [1.807, 2.05) is 31.3 Å². The summed E-state index contributed by atoms with van der Waals surface area (Å²) in [4.78, 5) is 17.6. The van der Waals surface area contributed by atoms with Crippen LogP contribution >= 0.6 is 0 Å². The van der Waals surface area contributed by atoms with Crippen LogP contribution in [0, 0.1) is 0 Å². The Balaban J connectivity index is 1.87. The second-order valence-corrected chi connectivity index (χ2v) is 5.35. The van der Waals surface area contributed by atoms with Crippen molar-refractivity contribution >= 4 is 17.3 Å². The smallest absolute Gasteiger partial charge is 0.150 e. The van der Waals surface area contributed by atoms with Crippen molar-refractivity contribution < 1.29 is 4.74 Å². The van der Waals surface area contributed by atoms with E-state index in [1.54, 1.807) is 31.9 Å². The Labute approximate surface area is 146 Å². The van der Waals surface area contributed by atoms with Crippen molar-refractivity contribution in [1.82, 2.24) is 19.9 Å². The number of hydrogen-bond donors (Lipinski definition) is 2. The van der Waals surface area contributed by atoms with Gasteiger partial charge in [-0.15, -0.1) is 0 Å². The lowest BCUT2D eigenvalue weighted by Gasteiger charge is -2.12. The number of anilines is 3. The van der Waals surface area contributed by atoms with Gasteiger partial charge in [0.1, 0.15) is 11.5 Å². The Kier molecular flexibility index (Phi) is 5.48. The standard InChI is InChI=1S/C18H20N6O/c1-19-14-9-13(6-8-25-2)18(22-10-14)24-17-12-20-11-16(23-17)15-5-3-4-7-21-15/h3-5,7,9-12,19H,6,8H2,1-2H3,(H,22,23,24). The summed E-state index contributed by atoms with van der Waals surface area (Å²) >= 11 is 0. The second-order valence-electron chi connectivity index (χ2n) is 5.35. The highest BCUT2D eigenvalue weighted by atomic mass is 16.5. The molecule has 0 aliphatic carbocycles. The SMILES string of the molecule is CNc1cnc(Nc2cncc(-c3ccccn3)n2)c(CCOC)c1. The van der Waals surface area contributed by atoms with Crippen molar-refractivity contribution in [2.24, 2.45) is 0 Å². The maximum Gasteiger partial charge on any atom is 0.150 e. The number of pyridine rings is 2. The molecular formula is C18H20N6O. The summed E-state index contributed by atoms with van der Waals surface area (Å²) in [7, 11) is 3.55. The Morgan fingerprint density at radius 1 is 1.08 bits per heavy atom. The molecule has 0 bridgehead atoms. The van der Waals surface area contributed by atoms with Crippen LogP contribution in [0.5, 0.6) is 0 Å². The second kappa shape index (κ2) is 8.16. The third-order valence-corrected chi connectivity index (χ3v) is 3.64. The van der Waals surface area contributed by atoms with Crippen LogP contribution in [0.3, 0.4) is 0 Å². The highest BCUT2D eigenvalue weighted by Gasteiger charge is 2.09. The van der Waals surface area contributed by atoms with E-state index >= 15 is 0 Å². The molecule has 0 fully saturated rings. The molecule has 0 unspecified atom stereocenters. The third kappa shape index (κ3) is 4.27. The number of rotatable bonds is 7. The van der Waals surface area contributed by atoms with Crippen molar-refractivity contribution in [2.75, 3.05) is 31.4 Å². The molecule has 0 aromatic carbocycles. The average Bonchev–Trinajstić information content (AvgIpc) is 2.68. The molecule has 0 atom stereocenters. The minimum absolute atomic E-state index is 0.614. The molecule has 0 aliphatic heterocycles. The van der Waals surface area contributed by atoms with Crippen LogP contribution < -0.4 is 10.6 Å². The number of hydrogen-bond acceptors (Lipinski definition) is 7. The zero-order valence-electron chi connectivity index (χ0n) is 14.2. The van der Waals surface area contributed by atoms with E-state index < -0.39 is 0 Å². The number of methoxy groups -OCH3 is 1. The summed E-state index contributed by atoms with van der Waals surface area (Å²) in [5, 5.41) is 6.35. The van der Waals surface area contributed by atoms with Gasteiger partial charge in [0, 0.05) is 20.4 Å². The highest BCUT2D eigenvalue weighted by Crippen LogP contribution is 2.22. The van der Waals surface area contributed by atoms with E-state index in [1.165, 1.54) is 0 Å². The van der Waals surface area contributed by atoms with E-state index in [4.69, 9.17) is 4.74 Å². The molecular weight excluding hydrogens is 316 g/mol. The van der Waals surface area contributed by atoms with Gasteiger partial charge in [-0.25, -0.2) is 9.97 Å². The minimum Gasteiger partial charge on any atom is -0.387 e. The lowest BCUT2D eigenvalue weighted by Crippen LogP contribution is -2.05. The van der Waals surface area contributed by atoms with Gasteiger partial charge in [-0.2, -0.15) is 0 Å². The van der Waals surface area contributed by atoms with E-state index in [-0.39, 0.29) is 0 Å². The number of aromatic nitrogens is 4. The maximum absolute atomic E-state index is 5.19. The molecule has 3 rings (SSSR count). The van der Waals surface area contributed by atoms with Gasteiger partial charge in [0.2, 0.25) is 0 Å².